The maximum atomic E-state index is 7.43. The van der Waals surface area contributed by atoms with Gasteiger partial charge >= 0.3 is 0 Å². The fourth-order valence-electron chi connectivity index (χ4n) is 16.7. The van der Waals surface area contributed by atoms with Crippen molar-refractivity contribution in [3.8, 4) is 22.6 Å². The predicted octanol–water partition coefficient (Wildman–Crippen LogP) is 21.5. The van der Waals surface area contributed by atoms with Gasteiger partial charge < -0.3 is 29.2 Å². The average Bonchev–Trinajstić information content (AvgIpc) is 0.918. The van der Waals surface area contributed by atoms with Crippen LogP contribution in [0.4, 0.5) is 85.3 Å². The first kappa shape index (κ1) is 56.8. The van der Waals surface area contributed by atoms with Crippen LogP contribution in [-0.4, -0.2) is 13.4 Å². The van der Waals surface area contributed by atoms with Crippen LogP contribution in [0.5, 0.6) is 11.5 Å². The third-order valence-corrected chi connectivity index (χ3v) is 23.2. The lowest BCUT2D eigenvalue weighted by atomic mass is 9.30. The zero-order chi connectivity index (χ0) is 65.5. The van der Waals surface area contributed by atoms with Gasteiger partial charge in [0.2, 0.25) is 0 Å². The third kappa shape index (κ3) is 8.64. The summed E-state index contributed by atoms with van der Waals surface area (Å²) in [5, 5.41) is 5.00. The summed E-state index contributed by atoms with van der Waals surface area (Å²) < 4.78 is 12.4. The first-order chi connectivity index (χ1) is 49.6. The zero-order valence-electron chi connectivity index (χ0n) is 54.0. The Bertz CT molecular complexity index is 6110. The van der Waals surface area contributed by atoms with Gasteiger partial charge in [-0.25, -0.2) is 0 Å². The number of fused-ring (bicyclic) bond motifs is 14. The lowest BCUT2D eigenvalue weighted by molar-refractivity contribution is 0.487. The monoisotopic (exact) mass is 1310 g/mol. The molecule has 466 valence electrons. The molecule has 100 heavy (non-hydrogen) atoms. The van der Waals surface area contributed by atoms with Crippen molar-refractivity contribution >= 4 is 195 Å². The number of hydrogen-bond acceptors (Lipinski definition) is 8. The number of para-hydroxylation sites is 7. The Labute approximate surface area is 588 Å². The van der Waals surface area contributed by atoms with Gasteiger partial charge in [-0.2, -0.15) is 0 Å². The lowest BCUT2D eigenvalue weighted by Crippen LogP contribution is -2.64. The number of benzene rings is 15. The highest BCUT2D eigenvalue weighted by Crippen LogP contribution is 2.55. The first-order valence-corrected chi connectivity index (χ1v) is 35.8. The number of rotatable bonds is 10. The SMILES string of the molecule is c1ccc(-c2ccccc2N(c2ccccc2)c2cc3c4c(c2)N(c2cccc5c2sc2ccccc25)c2ccccc2B4c2cc4c(cc2N3c2ccccc2)N(c2cccc3c2sc2ccccc23)c2cc(N(c3ccccc3)c3ccccc3)cc3c2B4c2ccccc2O3)cc1. The third-order valence-electron chi connectivity index (χ3n) is 20.8. The standard InChI is InChI=1S/C90H57B2N5OS2/c1-6-28-58(29-7-1)65-38-16-21-45-74(65)94(61-34-12-4-13-35-61)63-52-80-87-81(53-63)96(76-47-26-41-68-66-39-17-24-50-85(66)99-89(68)76)75-46-22-19-43-70(75)91(87)72-56-73-79(57-78(72)95(80)62-36-14-5-15-37-62)97(77-48-27-42-69-67-40-18-25-51-86(67)100-90(69)77)82-54-64(55-84-88(82)92(73)71-44-20-23-49-83(71)98-84)93(59-30-8-2-9-31-59)60-32-10-3-11-33-60/h1-57H. The largest absolute Gasteiger partial charge is 0.458 e. The van der Waals surface area contributed by atoms with Crippen molar-refractivity contribution in [3.63, 3.8) is 0 Å². The van der Waals surface area contributed by atoms with Gasteiger partial charge in [-0.05, 0) is 154 Å². The minimum absolute atomic E-state index is 0.220. The topological polar surface area (TPSA) is 25.4 Å². The summed E-state index contributed by atoms with van der Waals surface area (Å²) in [6.45, 7) is -0.444. The van der Waals surface area contributed by atoms with Crippen molar-refractivity contribution in [2.75, 3.05) is 24.5 Å². The maximum Gasteiger partial charge on any atom is 0.256 e. The van der Waals surface area contributed by atoms with Gasteiger partial charge in [-0.15, -0.1) is 22.7 Å². The highest BCUT2D eigenvalue weighted by Gasteiger charge is 2.49. The Hall–Kier alpha value is -12.3. The fraction of sp³-hybridized carbons (Fsp3) is 0. The molecule has 4 aliphatic rings. The summed E-state index contributed by atoms with van der Waals surface area (Å²) in [5.74, 6) is 1.69. The second-order valence-electron chi connectivity index (χ2n) is 26.2. The Morgan fingerprint density at radius 2 is 0.720 bits per heavy atom. The van der Waals surface area contributed by atoms with Crippen LogP contribution >= 0.6 is 22.7 Å². The van der Waals surface area contributed by atoms with E-state index in [0.717, 1.165) is 119 Å². The van der Waals surface area contributed by atoms with Crippen LogP contribution in [0.1, 0.15) is 0 Å². The van der Waals surface area contributed by atoms with E-state index in [4.69, 9.17) is 4.74 Å². The molecule has 0 saturated carbocycles. The molecule has 0 saturated heterocycles. The molecule has 17 aromatic rings. The molecular weight excluding hydrogens is 1250 g/mol. The van der Waals surface area contributed by atoms with Gasteiger partial charge in [0, 0.05) is 99.4 Å². The van der Waals surface area contributed by atoms with Gasteiger partial charge in [-0.3, -0.25) is 0 Å². The lowest BCUT2D eigenvalue weighted by Gasteiger charge is -2.47. The molecule has 15 aromatic carbocycles. The highest BCUT2D eigenvalue weighted by atomic mass is 32.1. The maximum absolute atomic E-state index is 7.43. The zero-order valence-corrected chi connectivity index (χ0v) is 55.7. The van der Waals surface area contributed by atoms with E-state index in [1.807, 2.05) is 22.7 Å². The van der Waals surface area contributed by atoms with Crippen molar-refractivity contribution in [1.82, 2.24) is 0 Å². The van der Waals surface area contributed by atoms with E-state index in [0.29, 0.717) is 0 Å². The number of anilines is 15. The first-order valence-electron chi connectivity index (χ1n) is 34.2. The van der Waals surface area contributed by atoms with Crippen molar-refractivity contribution < 1.29 is 4.74 Å². The number of hydrogen-bond donors (Lipinski definition) is 0. The van der Waals surface area contributed by atoms with E-state index >= 15 is 0 Å². The Morgan fingerprint density at radius 3 is 1.36 bits per heavy atom. The highest BCUT2D eigenvalue weighted by molar-refractivity contribution is 7.27. The molecule has 0 atom stereocenters. The molecule has 6 nitrogen and oxygen atoms in total. The van der Waals surface area contributed by atoms with Gasteiger partial charge in [0.05, 0.1) is 37.8 Å². The molecule has 0 fully saturated rings. The molecule has 0 radical (unpaired) electrons. The smallest absolute Gasteiger partial charge is 0.256 e. The van der Waals surface area contributed by atoms with E-state index < -0.39 is 0 Å². The van der Waals surface area contributed by atoms with Crippen LogP contribution < -0.4 is 62.0 Å². The van der Waals surface area contributed by atoms with Crippen molar-refractivity contribution in [2.24, 2.45) is 0 Å². The van der Waals surface area contributed by atoms with Gasteiger partial charge in [-0.1, -0.05) is 224 Å². The number of thiophene rings is 2. The van der Waals surface area contributed by atoms with E-state index in [1.165, 1.54) is 62.2 Å². The quantitative estimate of drug-likeness (QED) is 0.127. The van der Waals surface area contributed by atoms with E-state index in [2.05, 4.69) is 370 Å². The van der Waals surface area contributed by atoms with E-state index in [-0.39, 0.29) is 13.4 Å². The van der Waals surface area contributed by atoms with E-state index in [1.54, 1.807) is 0 Å². The molecule has 6 heterocycles. The Kier molecular flexibility index (Phi) is 12.9. The molecule has 0 amide bonds. The molecule has 4 aliphatic heterocycles. The molecule has 0 spiro atoms. The Balaban J connectivity index is 0.894. The van der Waals surface area contributed by atoms with Crippen LogP contribution in [-0.2, 0) is 0 Å². The summed E-state index contributed by atoms with van der Waals surface area (Å²) in [5.41, 5.74) is 25.7. The van der Waals surface area contributed by atoms with Crippen molar-refractivity contribution in [3.05, 3.63) is 346 Å². The second-order valence-corrected chi connectivity index (χ2v) is 28.3. The molecule has 2 aromatic heterocycles. The van der Waals surface area contributed by atoms with Crippen LogP contribution in [0.25, 0.3) is 51.5 Å². The molecular formula is C90H57B2N5OS2. The molecule has 0 unspecified atom stereocenters. The molecule has 0 bridgehead atoms. The van der Waals surface area contributed by atoms with Gasteiger partial charge in [0.15, 0.2) is 0 Å². The minimum Gasteiger partial charge on any atom is -0.458 e. The number of ether oxygens (including phenoxy) is 1. The minimum atomic E-state index is -0.224. The van der Waals surface area contributed by atoms with Crippen molar-refractivity contribution in [2.45, 2.75) is 0 Å². The molecule has 10 heteroatoms. The number of nitrogens with zero attached hydrogens (tertiary/aromatic N) is 5. The molecule has 0 N–H and O–H groups in total. The van der Waals surface area contributed by atoms with Crippen LogP contribution in [0.2, 0.25) is 0 Å². The predicted molar refractivity (Wildman–Crippen MR) is 427 cm³/mol. The summed E-state index contributed by atoms with van der Waals surface area (Å²) in [6, 6.07) is 128. The van der Waals surface area contributed by atoms with Crippen molar-refractivity contribution in [1.29, 1.82) is 0 Å². The molecule has 21 rings (SSSR count). The summed E-state index contributed by atoms with van der Waals surface area (Å²) in [4.78, 5) is 12.7. The van der Waals surface area contributed by atoms with Gasteiger partial charge in [0.1, 0.15) is 11.5 Å². The van der Waals surface area contributed by atoms with Gasteiger partial charge in [0.25, 0.3) is 13.4 Å². The Morgan fingerprint density at radius 1 is 0.270 bits per heavy atom. The van der Waals surface area contributed by atoms with E-state index in [9.17, 15) is 0 Å². The van der Waals surface area contributed by atoms with Crippen LogP contribution in [0.3, 0.4) is 0 Å². The van der Waals surface area contributed by atoms with Crippen LogP contribution in [0, 0.1) is 0 Å². The van der Waals surface area contributed by atoms with Crippen LogP contribution in [0.15, 0.2) is 346 Å². The second kappa shape index (κ2) is 22.6. The summed E-state index contributed by atoms with van der Waals surface area (Å²) >= 11 is 3.75. The average molecular weight is 1310 g/mol. The molecule has 0 aliphatic carbocycles. The summed E-state index contributed by atoms with van der Waals surface area (Å²) in [6.07, 6.45) is 0. The normalized spacial score (nSPS) is 13.0. The summed E-state index contributed by atoms with van der Waals surface area (Å²) in [7, 11) is 0. The fourth-order valence-corrected chi connectivity index (χ4v) is 19.1.